The number of carbonyl (C=O) groups is 3. The molecule has 0 aliphatic carbocycles. The van der Waals surface area contributed by atoms with Crippen molar-refractivity contribution in [1.29, 1.82) is 0 Å². The van der Waals surface area contributed by atoms with Gasteiger partial charge < -0.3 is 21.0 Å². The summed E-state index contributed by atoms with van der Waals surface area (Å²) in [7, 11) is 0. The fraction of sp³-hybridized carbons (Fsp3) is 0.211. The highest BCUT2D eigenvalue weighted by Gasteiger charge is 2.53. The molecule has 33 heavy (non-hydrogen) atoms. The van der Waals surface area contributed by atoms with E-state index >= 15 is 0 Å². The van der Waals surface area contributed by atoms with Crippen molar-refractivity contribution in [2.24, 2.45) is 5.16 Å². The third kappa shape index (κ3) is 4.78. The molecular formula is C19H15Cl2N5O5S2. The summed E-state index contributed by atoms with van der Waals surface area (Å²) in [6.07, 6.45) is 1.46. The summed E-state index contributed by atoms with van der Waals surface area (Å²) in [5, 5.41) is 17.8. The Balaban J connectivity index is 1.50. The number of fused-ring (bicyclic) bond motifs is 1. The number of nitrogens with zero attached hydrogens (tertiary/aromatic N) is 3. The van der Waals surface area contributed by atoms with Crippen LogP contribution in [-0.2, 0) is 25.8 Å². The molecule has 2 aliphatic rings. The number of hydrogen-bond acceptors (Lipinski definition) is 9. The second-order valence-corrected chi connectivity index (χ2v) is 9.68. The topological polar surface area (TPSA) is 147 Å². The molecule has 14 heteroatoms. The normalized spacial score (nSPS) is 19.9. The Kier molecular flexibility index (Phi) is 6.79. The number of carbonyl (C=O) groups excluding carboxylic acids is 2. The molecule has 172 valence electrons. The minimum atomic E-state index is -1.20. The Bertz CT molecular complexity index is 1200. The van der Waals surface area contributed by atoms with Crippen LogP contribution in [0.4, 0.5) is 5.13 Å². The van der Waals surface area contributed by atoms with E-state index in [4.69, 9.17) is 33.8 Å². The number of thioether (sulfide) groups is 1. The zero-order chi connectivity index (χ0) is 23.7. The van der Waals surface area contributed by atoms with E-state index in [0.29, 0.717) is 21.4 Å². The van der Waals surface area contributed by atoms with Crippen molar-refractivity contribution >= 4 is 74.9 Å². The van der Waals surface area contributed by atoms with Crippen molar-refractivity contribution in [3.8, 4) is 0 Å². The molecule has 2 aromatic rings. The number of anilines is 1. The molecule has 4 N–H and O–H groups in total. The van der Waals surface area contributed by atoms with E-state index in [1.165, 1.54) is 23.2 Å². The number of aromatic nitrogens is 1. The van der Waals surface area contributed by atoms with Crippen molar-refractivity contribution in [1.82, 2.24) is 15.2 Å². The van der Waals surface area contributed by atoms with Crippen LogP contribution in [-0.4, -0.2) is 55.7 Å². The first-order valence-electron chi connectivity index (χ1n) is 9.30. The molecule has 4 rings (SSSR count). The average molecular weight is 528 g/mol. The molecule has 2 atom stereocenters. The van der Waals surface area contributed by atoms with Crippen LogP contribution in [0.5, 0.6) is 0 Å². The molecule has 1 fully saturated rings. The second kappa shape index (κ2) is 9.59. The van der Waals surface area contributed by atoms with E-state index in [2.05, 4.69) is 15.5 Å². The highest BCUT2D eigenvalue weighted by Crippen LogP contribution is 2.37. The molecule has 0 bridgehead atoms. The van der Waals surface area contributed by atoms with Gasteiger partial charge in [0.1, 0.15) is 29.4 Å². The van der Waals surface area contributed by atoms with Crippen LogP contribution in [0.15, 0.2) is 40.5 Å². The number of carboxylic acids is 1. The van der Waals surface area contributed by atoms with Gasteiger partial charge in [-0.2, -0.15) is 0 Å². The summed E-state index contributed by atoms with van der Waals surface area (Å²) in [6.45, 7) is -0.0478. The van der Waals surface area contributed by atoms with Crippen LogP contribution < -0.4 is 11.1 Å². The number of oxime groups is 1. The zero-order valence-corrected chi connectivity index (χ0v) is 19.7. The van der Waals surface area contributed by atoms with Crippen LogP contribution in [0.1, 0.15) is 11.3 Å². The minimum Gasteiger partial charge on any atom is -0.477 e. The number of nitrogens with one attached hydrogen (secondary N) is 1. The number of thiazole rings is 1. The van der Waals surface area contributed by atoms with Gasteiger partial charge in [0.05, 0.1) is 0 Å². The maximum Gasteiger partial charge on any atom is 0.352 e. The molecule has 2 aliphatic heterocycles. The third-order valence-corrected chi connectivity index (χ3v) is 7.17. The van der Waals surface area contributed by atoms with Gasteiger partial charge in [0.15, 0.2) is 10.8 Å². The number of nitrogen functional groups attached to an aromatic ring is 1. The van der Waals surface area contributed by atoms with E-state index in [9.17, 15) is 19.5 Å². The Morgan fingerprint density at radius 3 is 2.85 bits per heavy atom. The number of nitrogens with two attached hydrogens (primary N) is 1. The van der Waals surface area contributed by atoms with Crippen LogP contribution in [0.3, 0.4) is 0 Å². The number of amides is 2. The van der Waals surface area contributed by atoms with Crippen molar-refractivity contribution in [3.63, 3.8) is 0 Å². The number of β-lactam (4-membered cyclic amide) rings is 1. The predicted octanol–water partition coefficient (Wildman–Crippen LogP) is 2.32. The molecular weight excluding hydrogens is 513 g/mol. The lowest BCUT2D eigenvalue weighted by Crippen LogP contribution is -2.70. The first-order chi connectivity index (χ1) is 15.8. The molecule has 0 radical (unpaired) electrons. The zero-order valence-electron chi connectivity index (χ0n) is 16.5. The predicted molar refractivity (Wildman–Crippen MR) is 125 cm³/mol. The Labute approximate surface area is 205 Å². The average Bonchev–Trinajstić information content (AvgIpc) is 3.21. The molecule has 1 aromatic carbocycles. The minimum absolute atomic E-state index is 0.0478. The lowest BCUT2D eigenvalue weighted by Gasteiger charge is -2.48. The highest BCUT2D eigenvalue weighted by atomic mass is 35.5. The molecule has 1 saturated heterocycles. The molecule has 1 unspecified atom stereocenters. The first kappa shape index (κ1) is 23.4. The number of carboxylic acid groups (broad SMARTS) is 1. The summed E-state index contributed by atoms with van der Waals surface area (Å²) in [5.74, 6) is -2.04. The lowest BCUT2D eigenvalue weighted by molar-refractivity contribution is -0.150. The van der Waals surface area contributed by atoms with Crippen molar-refractivity contribution in [2.45, 2.75) is 18.0 Å². The molecule has 10 nitrogen and oxygen atoms in total. The number of benzene rings is 1. The van der Waals surface area contributed by atoms with E-state index in [0.717, 1.165) is 16.2 Å². The van der Waals surface area contributed by atoms with E-state index in [1.807, 2.05) is 0 Å². The fourth-order valence-corrected chi connectivity index (χ4v) is 5.36. The fourth-order valence-electron chi connectivity index (χ4n) is 3.15. The summed E-state index contributed by atoms with van der Waals surface area (Å²) in [5.41, 5.74) is 6.17. The van der Waals surface area contributed by atoms with Crippen LogP contribution in [0, 0.1) is 0 Å². The number of hydrogen-bond donors (Lipinski definition) is 3. The largest absolute Gasteiger partial charge is 0.477 e. The number of halogens is 2. The lowest BCUT2D eigenvalue weighted by atomic mass is 10.0. The van der Waals surface area contributed by atoms with Crippen LogP contribution in [0.2, 0.25) is 10.0 Å². The quantitative estimate of drug-likeness (QED) is 0.282. The first-order valence-corrected chi connectivity index (χ1v) is 12.0. The Morgan fingerprint density at radius 1 is 1.39 bits per heavy atom. The second-order valence-electron chi connectivity index (χ2n) is 6.80. The standard InChI is InChI=1S/C19H15Cl2N5O5S2/c20-9-2-1-8(10(21)5-9)6-31-25-13(11-7-33-19(22)23-11)15(27)24-14-16(28)26-12(18(29)30)3-4-32-17(14)26/h1-3,5,7,14,17H,4,6H2,(H2,22,23)(H,24,27)(H,29,30)/b25-13-/t14?,17-/m1/s1. The van der Waals surface area contributed by atoms with Gasteiger partial charge in [-0.05, 0) is 18.2 Å². The van der Waals surface area contributed by atoms with E-state index in [-0.39, 0.29) is 28.8 Å². The van der Waals surface area contributed by atoms with Gasteiger partial charge in [-0.15, -0.1) is 23.1 Å². The molecule has 3 heterocycles. The van der Waals surface area contributed by atoms with Crippen LogP contribution in [0.25, 0.3) is 0 Å². The number of rotatable bonds is 7. The van der Waals surface area contributed by atoms with Gasteiger partial charge in [0, 0.05) is 26.7 Å². The number of aliphatic carboxylic acids is 1. The van der Waals surface area contributed by atoms with Crippen molar-refractivity contribution < 1.29 is 24.3 Å². The third-order valence-electron chi connectivity index (χ3n) is 4.72. The molecule has 2 amide bonds. The van der Waals surface area contributed by atoms with Crippen molar-refractivity contribution in [2.75, 3.05) is 11.5 Å². The summed E-state index contributed by atoms with van der Waals surface area (Å²) < 4.78 is 0. The summed E-state index contributed by atoms with van der Waals surface area (Å²) >= 11 is 14.5. The molecule has 0 saturated carbocycles. The van der Waals surface area contributed by atoms with Gasteiger partial charge in [0.25, 0.3) is 11.8 Å². The van der Waals surface area contributed by atoms with Crippen molar-refractivity contribution in [3.05, 3.63) is 56.7 Å². The smallest absolute Gasteiger partial charge is 0.352 e. The van der Waals surface area contributed by atoms with E-state index in [1.54, 1.807) is 18.2 Å². The van der Waals surface area contributed by atoms with Gasteiger partial charge in [-0.1, -0.05) is 34.4 Å². The van der Waals surface area contributed by atoms with Gasteiger partial charge in [-0.3, -0.25) is 14.5 Å². The van der Waals surface area contributed by atoms with Gasteiger partial charge in [0.2, 0.25) is 0 Å². The molecule has 0 spiro atoms. The maximum absolute atomic E-state index is 13.0. The Hall–Kier alpha value is -2.80. The summed E-state index contributed by atoms with van der Waals surface area (Å²) in [6, 6.07) is 3.93. The monoisotopic (exact) mass is 527 g/mol. The van der Waals surface area contributed by atoms with Gasteiger partial charge >= 0.3 is 5.97 Å². The van der Waals surface area contributed by atoms with Gasteiger partial charge in [-0.25, -0.2) is 9.78 Å². The Morgan fingerprint density at radius 2 is 2.18 bits per heavy atom. The van der Waals surface area contributed by atoms with Crippen LogP contribution >= 0.6 is 46.3 Å². The maximum atomic E-state index is 13.0. The SMILES string of the molecule is Nc1nc(/C(=N/OCc2ccc(Cl)cc2Cl)C(=O)NC2C(=O)N3C(C(=O)O)=CCS[C@H]23)cs1. The highest BCUT2D eigenvalue weighted by molar-refractivity contribution is 8.00. The van der Waals surface area contributed by atoms with E-state index < -0.39 is 29.2 Å². The molecule has 1 aromatic heterocycles. The summed E-state index contributed by atoms with van der Waals surface area (Å²) in [4.78, 5) is 47.4.